The van der Waals surface area contributed by atoms with Crippen LogP contribution in [-0.2, 0) is 16.0 Å². The Morgan fingerprint density at radius 1 is 1.61 bits per heavy atom. The molecule has 4 nitrogen and oxygen atoms in total. The summed E-state index contributed by atoms with van der Waals surface area (Å²) < 4.78 is 10.6. The van der Waals surface area contributed by atoms with Gasteiger partial charge in [0.05, 0.1) is 11.4 Å². The van der Waals surface area contributed by atoms with Gasteiger partial charge in [-0.2, -0.15) is 0 Å². The maximum absolute atomic E-state index is 11.9. The first kappa shape index (κ1) is 13.4. The van der Waals surface area contributed by atoms with Gasteiger partial charge in [0.1, 0.15) is 5.75 Å². The zero-order valence-corrected chi connectivity index (χ0v) is 11.8. The lowest BCUT2D eigenvalue weighted by atomic mass is 10.1. The number of methoxy groups -OCH3 is 1. The molecule has 1 aliphatic heterocycles. The topological polar surface area (TPSA) is 47.6 Å². The lowest BCUT2D eigenvalue weighted by molar-refractivity contribution is -0.127. The Bertz CT molecular complexity index is 399. The van der Waals surface area contributed by atoms with E-state index in [4.69, 9.17) is 9.47 Å². The second kappa shape index (κ2) is 6.20. The molecule has 5 heteroatoms. The van der Waals surface area contributed by atoms with Crippen molar-refractivity contribution in [3.05, 3.63) is 29.8 Å². The fraction of sp³-hybridized carbons (Fsp3) is 0.462. The average molecular weight is 314 g/mol. The lowest BCUT2D eigenvalue weighted by Gasteiger charge is -2.13. The molecule has 1 amide bonds. The zero-order chi connectivity index (χ0) is 13.0. The van der Waals surface area contributed by atoms with Crippen molar-refractivity contribution in [2.45, 2.75) is 17.4 Å². The predicted molar refractivity (Wildman–Crippen MR) is 72.2 cm³/mol. The first-order valence-corrected chi connectivity index (χ1v) is 6.77. The summed E-state index contributed by atoms with van der Waals surface area (Å²) in [4.78, 5) is 12.0. The minimum Gasteiger partial charge on any atom is -0.480 e. The highest BCUT2D eigenvalue weighted by molar-refractivity contribution is 9.09. The number of ether oxygens (including phenoxy) is 2. The van der Waals surface area contributed by atoms with Gasteiger partial charge in [0.15, 0.2) is 6.10 Å². The number of carbonyl (C=O) groups is 1. The maximum Gasteiger partial charge on any atom is 0.261 e. The van der Waals surface area contributed by atoms with E-state index in [9.17, 15) is 4.79 Å². The van der Waals surface area contributed by atoms with Gasteiger partial charge >= 0.3 is 0 Å². The molecule has 0 saturated carbocycles. The first-order chi connectivity index (χ1) is 8.70. The maximum atomic E-state index is 11.9. The zero-order valence-electron chi connectivity index (χ0n) is 10.2. The average Bonchev–Trinajstić information content (AvgIpc) is 2.80. The van der Waals surface area contributed by atoms with Crippen molar-refractivity contribution >= 4 is 21.8 Å². The van der Waals surface area contributed by atoms with Gasteiger partial charge in [0.2, 0.25) is 0 Å². The van der Waals surface area contributed by atoms with Gasteiger partial charge in [0, 0.05) is 20.1 Å². The molecular weight excluding hydrogens is 298 g/mol. The molecule has 1 aromatic carbocycles. The van der Waals surface area contributed by atoms with E-state index >= 15 is 0 Å². The summed E-state index contributed by atoms with van der Waals surface area (Å²) in [6.45, 7) is 1.09. The van der Waals surface area contributed by atoms with Gasteiger partial charge in [0.25, 0.3) is 5.91 Å². The van der Waals surface area contributed by atoms with Crippen molar-refractivity contribution in [3.8, 4) is 5.75 Å². The molecule has 0 bridgehead atoms. The second-order valence-corrected chi connectivity index (χ2v) is 5.51. The summed E-state index contributed by atoms with van der Waals surface area (Å²) in [5.41, 5.74) is 1.09. The van der Waals surface area contributed by atoms with E-state index < -0.39 is 6.10 Å². The fourth-order valence-electron chi connectivity index (χ4n) is 1.89. The number of para-hydroxylation sites is 1. The number of halogens is 1. The number of hydrogen-bond donors (Lipinski definition) is 1. The summed E-state index contributed by atoms with van der Waals surface area (Å²) in [5.74, 6) is 0.733. The van der Waals surface area contributed by atoms with E-state index in [1.54, 1.807) is 7.11 Å². The largest absolute Gasteiger partial charge is 0.480 e. The van der Waals surface area contributed by atoms with Gasteiger partial charge in [-0.25, -0.2) is 0 Å². The highest BCUT2D eigenvalue weighted by Gasteiger charge is 2.28. The van der Waals surface area contributed by atoms with E-state index in [0.29, 0.717) is 19.6 Å². The van der Waals surface area contributed by atoms with E-state index in [1.807, 2.05) is 24.3 Å². The van der Waals surface area contributed by atoms with Gasteiger partial charge < -0.3 is 14.8 Å². The van der Waals surface area contributed by atoms with Crippen LogP contribution in [0.2, 0.25) is 0 Å². The highest BCUT2D eigenvalue weighted by atomic mass is 79.9. The Kier molecular flexibility index (Phi) is 4.60. The molecule has 1 N–H and O–H groups in total. The van der Waals surface area contributed by atoms with Crippen LogP contribution in [0.5, 0.6) is 5.75 Å². The van der Waals surface area contributed by atoms with Crippen LogP contribution < -0.4 is 10.1 Å². The van der Waals surface area contributed by atoms with Crippen molar-refractivity contribution in [3.63, 3.8) is 0 Å². The normalized spacial score (nSPS) is 18.9. The van der Waals surface area contributed by atoms with Crippen LogP contribution in [0.3, 0.4) is 0 Å². The number of hydrogen-bond acceptors (Lipinski definition) is 3. The van der Waals surface area contributed by atoms with E-state index in [1.165, 1.54) is 0 Å². The third-order valence-corrected chi connectivity index (χ3v) is 3.37. The Labute approximate surface area is 115 Å². The summed E-state index contributed by atoms with van der Waals surface area (Å²) in [5, 5.41) is 2.85. The molecule has 2 atom stereocenters. The molecule has 0 radical (unpaired) electrons. The summed E-state index contributed by atoms with van der Waals surface area (Å²) in [6, 6.07) is 7.74. The quantitative estimate of drug-likeness (QED) is 0.838. The van der Waals surface area contributed by atoms with E-state index in [0.717, 1.165) is 11.3 Å². The summed E-state index contributed by atoms with van der Waals surface area (Å²) in [6.07, 6.45) is 0.226. The molecule has 2 unspecified atom stereocenters. The minimum absolute atomic E-state index is 0.0771. The SMILES string of the molecule is COCC(Br)CNC(=O)C1Cc2ccccc2O1. The monoisotopic (exact) mass is 313 g/mol. The second-order valence-electron chi connectivity index (χ2n) is 4.22. The third kappa shape index (κ3) is 3.23. The van der Waals surface area contributed by atoms with Gasteiger partial charge in [-0.05, 0) is 11.6 Å². The molecular formula is C13H16BrNO3. The van der Waals surface area contributed by atoms with Crippen LogP contribution in [0.25, 0.3) is 0 Å². The number of nitrogens with one attached hydrogen (secondary N) is 1. The molecule has 1 aromatic rings. The third-order valence-electron chi connectivity index (χ3n) is 2.78. The lowest BCUT2D eigenvalue weighted by Crippen LogP contribution is -2.40. The van der Waals surface area contributed by atoms with Crippen LogP contribution in [0.15, 0.2) is 24.3 Å². The Morgan fingerprint density at radius 2 is 2.39 bits per heavy atom. The molecule has 18 heavy (non-hydrogen) atoms. The Morgan fingerprint density at radius 3 is 3.11 bits per heavy atom. The van der Waals surface area contributed by atoms with Gasteiger partial charge in [-0.3, -0.25) is 4.79 Å². The van der Waals surface area contributed by atoms with Gasteiger partial charge in [-0.1, -0.05) is 34.1 Å². The fourth-order valence-corrected chi connectivity index (χ4v) is 2.32. The molecule has 0 spiro atoms. The van der Waals surface area contributed by atoms with Crippen molar-refractivity contribution in [1.29, 1.82) is 0 Å². The Balaban J connectivity index is 1.82. The van der Waals surface area contributed by atoms with Crippen LogP contribution in [-0.4, -0.2) is 37.1 Å². The number of fused-ring (bicyclic) bond motifs is 1. The molecule has 0 aliphatic carbocycles. The molecule has 1 heterocycles. The molecule has 0 aromatic heterocycles. The summed E-state index contributed by atoms with van der Waals surface area (Å²) >= 11 is 3.42. The number of benzene rings is 1. The standard InChI is InChI=1S/C13H16BrNO3/c1-17-8-10(14)7-15-13(16)12-6-9-4-2-3-5-11(9)18-12/h2-5,10,12H,6-8H2,1H3,(H,15,16). The van der Waals surface area contributed by atoms with Crippen LogP contribution in [0.1, 0.15) is 5.56 Å². The molecule has 98 valence electrons. The molecule has 2 rings (SSSR count). The van der Waals surface area contributed by atoms with Crippen molar-refractivity contribution in [1.82, 2.24) is 5.32 Å². The Hall–Kier alpha value is -1.07. The van der Waals surface area contributed by atoms with E-state index in [2.05, 4.69) is 21.2 Å². The van der Waals surface area contributed by atoms with Crippen molar-refractivity contribution < 1.29 is 14.3 Å². The first-order valence-electron chi connectivity index (χ1n) is 5.86. The van der Waals surface area contributed by atoms with Crippen molar-refractivity contribution in [2.24, 2.45) is 0 Å². The summed E-state index contributed by atoms with van der Waals surface area (Å²) in [7, 11) is 1.63. The van der Waals surface area contributed by atoms with Gasteiger partial charge in [-0.15, -0.1) is 0 Å². The predicted octanol–water partition coefficient (Wildman–Crippen LogP) is 1.52. The number of amides is 1. The van der Waals surface area contributed by atoms with Crippen molar-refractivity contribution in [2.75, 3.05) is 20.3 Å². The molecule has 0 saturated heterocycles. The smallest absolute Gasteiger partial charge is 0.261 e. The highest BCUT2D eigenvalue weighted by Crippen LogP contribution is 2.28. The van der Waals surface area contributed by atoms with Crippen LogP contribution in [0, 0.1) is 0 Å². The number of rotatable bonds is 5. The number of carbonyl (C=O) groups excluding carboxylic acids is 1. The molecule has 1 aliphatic rings. The van der Waals surface area contributed by atoms with E-state index in [-0.39, 0.29) is 10.7 Å². The molecule has 0 fully saturated rings. The van der Waals surface area contributed by atoms with Crippen LogP contribution in [0.4, 0.5) is 0 Å². The minimum atomic E-state index is -0.412. The van der Waals surface area contributed by atoms with Crippen LogP contribution >= 0.6 is 15.9 Å². The number of alkyl halides is 1.